The molecular formula is C21H23N3O4. The lowest BCUT2D eigenvalue weighted by Gasteiger charge is -2.17. The first-order valence-corrected chi connectivity index (χ1v) is 9.19. The Hall–Kier alpha value is -3.35. The van der Waals surface area contributed by atoms with Gasteiger partial charge in [0.15, 0.2) is 11.5 Å². The summed E-state index contributed by atoms with van der Waals surface area (Å²) in [5, 5.41) is 10.5. The molecule has 0 radical (unpaired) electrons. The molecule has 0 aliphatic heterocycles. The Balaban J connectivity index is 1.70. The lowest BCUT2D eigenvalue weighted by molar-refractivity contribution is 0.0940. The summed E-state index contributed by atoms with van der Waals surface area (Å²) >= 11 is 0. The van der Waals surface area contributed by atoms with Crippen molar-refractivity contribution in [3.05, 3.63) is 60.0 Å². The first kappa shape index (κ1) is 19.4. The van der Waals surface area contributed by atoms with Gasteiger partial charge in [0.25, 0.3) is 5.91 Å². The normalized spacial score (nSPS) is 11.7. The van der Waals surface area contributed by atoms with E-state index in [0.29, 0.717) is 36.2 Å². The molecule has 0 spiro atoms. The van der Waals surface area contributed by atoms with E-state index < -0.39 is 0 Å². The Morgan fingerprint density at radius 2 is 1.79 bits per heavy atom. The third kappa shape index (κ3) is 4.49. The molecule has 1 amide bonds. The fourth-order valence-electron chi connectivity index (χ4n) is 2.76. The lowest BCUT2D eigenvalue weighted by atomic mass is 10.1. The van der Waals surface area contributed by atoms with E-state index in [2.05, 4.69) is 15.5 Å². The number of carbonyl (C=O) groups is 1. The van der Waals surface area contributed by atoms with E-state index in [1.54, 1.807) is 24.3 Å². The van der Waals surface area contributed by atoms with Gasteiger partial charge in [0, 0.05) is 11.1 Å². The van der Waals surface area contributed by atoms with Gasteiger partial charge in [-0.3, -0.25) is 4.79 Å². The van der Waals surface area contributed by atoms with Crippen LogP contribution >= 0.6 is 0 Å². The van der Waals surface area contributed by atoms with Crippen molar-refractivity contribution >= 4 is 5.91 Å². The van der Waals surface area contributed by atoms with E-state index in [1.807, 2.05) is 39.0 Å². The molecule has 0 unspecified atom stereocenters. The molecule has 1 N–H and O–H groups in total. The Kier molecular flexibility index (Phi) is 6.26. The molecule has 28 heavy (non-hydrogen) atoms. The van der Waals surface area contributed by atoms with Crippen molar-refractivity contribution in [3.8, 4) is 23.0 Å². The van der Waals surface area contributed by atoms with Crippen molar-refractivity contribution in [2.75, 3.05) is 13.2 Å². The third-order valence-electron chi connectivity index (χ3n) is 4.17. The Morgan fingerprint density at radius 3 is 2.43 bits per heavy atom. The second kappa shape index (κ2) is 9.03. The molecule has 2 aromatic carbocycles. The van der Waals surface area contributed by atoms with E-state index >= 15 is 0 Å². The molecular weight excluding hydrogens is 358 g/mol. The monoisotopic (exact) mass is 381 g/mol. The minimum absolute atomic E-state index is 0.170. The predicted octanol–water partition coefficient (Wildman–Crippen LogP) is 4.03. The van der Waals surface area contributed by atoms with Gasteiger partial charge in [-0.05, 0) is 62.7 Å². The summed E-state index contributed by atoms with van der Waals surface area (Å²) in [4.78, 5) is 12.6. The summed E-state index contributed by atoms with van der Waals surface area (Å²) in [6.07, 6.45) is 1.27. The van der Waals surface area contributed by atoms with Crippen LogP contribution in [-0.4, -0.2) is 29.3 Å². The van der Waals surface area contributed by atoms with Gasteiger partial charge >= 0.3 is 0 Å². The van der Waals surface area contributed by atoms with E-state index in [-0.39, 0.29) is 11.9 Å². The van der Waals surface area contributed by atoms with E-state index in [9.17, 15) is 4.79 Å². The number of rotatable bonds is 8. The van der Waals surface area contributed by atoms with Gasteiger partial charge in [-0.2, -0.15) is 0 Å². The van der Waals surface area contributed by atoms with Crippen LogP contribution in [0.2, 0.25) is 0 Å². The summed E-state index contributed by atoms with van der Waals surface area (Å²) in [6.45, 7) is 6.87. The molecule has 0 aliphatic rings. The average Bonchev–Trinajstić information content (AvgIpc) is 3.24. The molecule has 0 fully saturated rings. The van der Waals surface area contributed by atoms with Crippen molar-refractivity contribution in [3.63, 3.8) is 0 Å². The number of carbonyl (C=O) groups excluding carboxylic acids is 1. The number of benzene rings is 2. The Morgan fingerprint density at radius 1 is 1.07 bits per heavy atom. The zero-order valence-electron chi connectivity index (χ0n) is 16.1. The minimum atomic E-state index is -0.196. The molecule has 0 bridgehead atoms. The first-order valence-electron chi connectivity index (χ1n) is 9.19. The third-order valence-corrected chi connectivity index (χ3v) is 4.17. The highest BCUT2D eigenvalue weighted by atomic mass is 16.5. The van der Waals surface area contributed by atoms with Gasteiger partial charge in [-0.15, -0.1) is 10.2 Å². The Labute approximate surface area is 163 Å². The number of ether oxygens (including phenoxy) is 2. The van der Waals surface area contributed by atoms with Gasteiger partial charge in [0.1, 0.15) is 0 Å². The van der Waals surface area contributed by atoms with Crippen LogP contribution in [0.4, 0.5) is 0 Å². The molecule has 1 atom stereocenters. The van der Waals surface area contributed by atoms with Crippen LogP contribution in [0.25, 0.3) is 11.5 Å². The number of amides is 1. The molecule has 7 heteroatoms. The zero-order chi connectivity index (χ0) is 19.9. The SMILES string of the molecule is CCOc1ccc([C@@H](C)NC(=O)c2ccc(-c3nnco3)cc2)cc1OCC. The molecule has 0 aliphatic carbocycles. The number of hydrogen-bond donors (Lipinski definition) is 1. The summed E-state index contributed by atoms with van der Waals surface area (Å²) < 4.78 is 16.4. The highest BCUT2D eigenvalue weighted by Gasteiger charge is 2.15. The first-order chi connectivity index (χ1) is 13.6. The smallest absolute Gasteiger partial charge is 0.251 e. The maximum atomic E-state index is 12.6. The summed E-state index contributed by atoms with van der Waals surface area (Å²) in [7, 11) is 0. The second-order valence-corrected chi connectivity index (χ2v) is 6.09. The summed E-state index contributed by atoms with van der Waals surface area (Å²) in [5.41, 5.74) is 2.24. The average molecular weight is 381 g/mol. The fourth-order valence-corrected chi connectivity index (χ4v) is 2.76. The van der Waals surface area contributed by atoms with Crippen LogP contribution in [0.3, 0.4) is 0 Å². The molecule has 1 aromatic heterocycles. The van der Waals surface area contributed by atoms with Crippen molar-refractivity contribution in [2.45, 2.75) is 26.8 Å². The molecule has 3 aromatic rings. The summed E-state index contributed by atoms with van der Waals surface area (Å²) in [6, 6.07) is 12.5. The van der Waals surface area contributed by atoms with Crippen LogP contribution in [0.15, 0.2) is 53.3 Å². The highest BCUT2D eigenvalue weighted by Crippen LogP contribution is 2.30. The van der Waals surface area contributed by atoms with Crippen molar-refractivity contribution in [1.82, 2.24) is 15.5 Å². The standard InChI is InChI=1S/C21H23N3O4/c1-4-26-18-11-10-17(12-19(18)27-5-2)14(3)23-20(25)15-6-8-16(9-7-15)21-24-22-13-28-21/h6-14H,4-5H2,1-3H3,(H,23,25)/t14-/m1/s1. The van der Waals surface area contributed by atoms with Gasteiger partial charge < -0.3 is 19.2 Å². The van der Waals surface area contributed by atoms with Gasteiger partial charge in [-0.1, -0.05) is 6.07 Å². The van der Waals surface area contributed by atoms with Crippen LogP contribution in [0.1, 0.15) is 42.7 Å². The second-order valence-electron chi connectivity index (χ2n) is 6.09. The molecule has 7 nitrogen and oxygen atoms in total. The van der Waals surface area contributed by atoms with Crippen molar-refractivity contribution in [2.24, 2.45) is 0 Å². The van der Waals surface area contributed by atoms with Crippen molar-refractivity contribution < 1.29 is 18.7 Å². The van der Waals surface area contributed by atoms with Crippen LogP contribution in [-0.2, 0) is 0 Å². The molecule has 146 valence electrons. The van der Waals surface area contributed by atoms with Gasteiger partial charge in [0.2, 0.25) is 12.3 Å². The minimum Gasteiger partial charge on any atom is -0.490 e. The van der Waals surface area contributed by atoms with E-state index in [4.69, 9.17) is 13.9 Å². The molecule has 0 saturated heterocycles. The maximum Gasteiger partial charge on any atom is 0.251 e. The molecule has 1 heterocycles. The molecule has 0 saturated carbocycles. The number of nitrogens with one attached hydrogen (secondary N) is 1. The van der Waals surface area contributed by atoms with Crippen LogP contribution < -0.4 is 14.8 Å². The predicted molar refractivity (Wildman–Crippen MR) is 104 cm³/mol. The quantitative estimate of drug-likeness (QED) is 0.634. The van der Waals surface area contributed by atoms with E-state index in [1.165, 1.54) is 6.39 Å². The van der Waals surface area contributed by atoms with Gasteiger partial charge in [0.05, 0.1) is 19.3 Å². The topological polar surface area (TPSA) is 86.5 Å². The summed E-state index contributed by atoms with van der Waals surface area (Å²) in [5.74, 6) is 1.62. The highest BCUT2D eigenvalue weighted by molar-refractivity contribution is 5.94. The van der Waals surface area contributed by atoms with Gasteiger partial charge in [-0.25, -0.2) is 0 Å². The van der Waals surface area contributed by atoms with Crippen molar-refractivity contribution in [1.29, 1.82) is 0 Å². The lowest BCUT2D eigenvalue weighted by Crippen LogP contribution is -2.26. The number of nitrogens with zero attached hydrogens (tertiary/aromatic N) is 2. The largest absolute Gasteiger partial charge is 0.490 e. The number of hydrogen-bond acceptors (Lipinski definition) is 6. The zero-order valence-corrected chi connectivity index (χ0v) is 16.1. The number of aromatic nitrogens is 2. The maximum absolute atomic E-state index is 12.6. The van der Waals surface area contributed by atoms with Crippen LogP contribution in [0.5, 0.6) is 11.5 Å². The van der Waals surface area contributed by atoms with E-state index in [0.717, 1.165) is 11.1 Å². The molecule has 3 rings (SSSR count). The fraction of sp³-hybridized carbons (Fsp3) is 0.286. The van der Waals surface area contributed by atoms with Crippen LogP contribution in [0, 0.1) is 0 Å². The Bertz CT molecular complexity index is 908.